The van der Waals surface area contributed by atoms with Gasteiger partial charge in [-0.3, -0.25) is 4.99 Å². The largest absolute Gasteiger partial charge is 0.370 e. The molecule has 0 spiro atoms. The van der Waals surface area contributed by atoms with E-state index in [0.29, 0.717) is 26.2 Å². The Morgan fingerprint density at radius 3 is 2.46 bits per heavy atom. The number of aromatic nitrogens is 1. The fraction of sp³-hybridized carbons (Fsp3) is 0.625. The van der Waals surface area contributed by atoms with E-state index in [1.165, 1.54) is 4.31 Å². The summed E-state index contributed by atoms with van der Waals surface area (Å²) in [4.78, 5) is 10.5. The van der Waals surface area contributed by atoms with Crippen LogP contribution in [0.25, 0.3) is 0 Å². The van der Waals surface area contributed by atoms with E-state index in [0.717, 1.165) is 5.82 Å². The van der Waals surface area contributed by atoms with E-state index in [1.807, 2.05) is 39.0 Å². The van der Waals surface area contributed by atoms with E-state index < -0.39 is 10.0 Å². The average molecular weight is 496 g/mol. The quantitative estimate of drug-likeness (QED) is 0.356. The summed E-state index contributed by atoms with van der Waals surface area (Å²) in [6.45, 7) is 8.22. The summed E-state index contributed by atoms with van der Waals surface area (Å²) in [6, 6.07) is 5.73. The lowest BCUT2D eigenvalue weighted by molar-refractivity contribution is 0.384. The molecule has 1 aliphatic heterocycles. The maximum absolute atomic E-state index is 12.5. The molecule has 1 aromatic heterocycles. The SMILES string of the molecule is CC(C)(C)NC(N)=NCCS(=O)(=O)N1CCN(c2ccccn2)CC1.I. The van der Waals surface area contributed by atoms with Gasteiger partial charge in [0.2, 0.25) is 10.0 Å². The van der Waals surface area contributed by atoms with Crippen molar-refractivity contribution in [3.05, 3.63) is 24.4 Å². The Bertz CT molecular complexity index is 682. The third-order valence-corrected chi connectivity index (χ3v) is 5.59. The monoisotopic (exact) mass is 496 g/mol. The second kappa shape index (κ2) is 9.70. The van der Waals surface area contributed by atoms with Crippen molar-refractivity contribution in [2.45, 2.75) is 26.3 Å². The van der Waals surface area contributed by atoms with Crippen LogP contribution in [-0.2, 0) is 10.0 Å². The molecule has 0 aliphatic carbocycles. The first kappa shape index (κ1) is 22.9. The summed E-state index contributed by atoms with van der Waals surface area (Å²) in [5.74, 6) is 1.11. The van der Waals surface area contributed by atoms with Crippen LogP contribution in [0.15, 0.2) is 29.4 Å². The number of rotatable bonds is 5. The number of guanidine groups is 1. The molecule has 1 aliphatic rings. The van der Waals surface area contributed by atoms with Crippen molar-refractivity contribution >= 4 is 45.8 Å². The Balaban J connectivity index is 0.00000338. The zero-order chi connectivity index (χ0) is 18.5. The summed E-state index contributed by atoms with van der Waals surface area (Å²) in [7, 11) is -3.33. The number of hydrogen-bond donors (Lipinski definition) is 2. The number of aliphatic imine (C=N–C) groups is 1. The van der Waals surface area contributed by atoms with Crippen LogP contribution in [-0.4, -0.2) is 67.7 Å². The van der Waals surface area contributed by atoms with E-state index in [2.05, 4.69) is 20.2 Å². The Hall–Kier alpha value is -1.14. The zero-order valence-corrected chi connectivity index (χ0v) is 18.7. The minimum absolute atomic E-state index is 0. The number of pyridine rings is 1. The molecule has 0 atom stereocenters. The molecule has 1 fully saturated rings. The van der Waals surface area contributed by atoms with Crippen molar-refractivity contribution in [1.82, 2.24) is 14.6 Å². The molecule has 0 saturated carbocycles. The van der Waals surface area contributed by atoms with Crippen LogP contribution in [0, 0.1) is 0 Å². The predicted octanol–water partition coefficient (Wildman–Crippen LogP) is 0.854. The number of anilines is 1. The Morgan fingerprint density at radius 1 is 1.27 bits per heavy atom. The molecular formula is C16H29IN6O2S. The molecule has 0 amide bonds. The summed E-state index contributed by atoms with van der Waals surface area (Å²) < 4.78 is 26.4. The van der Waals surface area contributed by atoms with Crippen LogP contribution < -0.4 is 16.0 Å². The van der Waals surface area contributed by atoms with Gasteiger partial charge in [-0.05, 0) is 32.9 Å². The lowest BCUT2D eigenvalue weighted by Crippen LogP contribution is -2.50. The van der Waals surface area contributed by atoms with Crippen LogP contribution in [0.4, 0.5) is 5.82 Å². The van der Waals surface area contributed by atoms with Crippen molar-refractivity contribution in [3.8, 4) is 0 Å². The number of nitrogens with two attached hydrogens (primary N) is 1. The highest BCUT2D eigenvalue weighted by Gasteiger charge is 2.27. The van der Waals surface area contributed by atoms with Crippen molar-refractivity contribution in [1.29, 1.82) is 0 Å². The highest BCUT2D eigenvalue weighted by molar-refractivity contribution is 14.0. The molecule has 3 N–H and O–H groups in total. The third-order valence-electron chi connectivity index (χ3n) is 3.74. The summed E-state index contributed by atoms with van der Waals surface area (Å²) in [5, 5.41) is 3.01. The number of halogens is 1. The van der Waals surface area contributed by atoms with Crippen LogP contribution in [0.2, 0.25) is 0 Å². The fourth-order valence-corrected chi connectivity index (χ4v) is 3.87. The van der Waals surface area contributed by atoms with Gasteiger partial charge in [-0.1, -0.05) is 6.07 Å². The molecular weight excluding hydrogens is 467 g/mol. The molecule has 0 unspecified atom stereocenters. The van der Waals surface area contributed by atoms with Gasteiger partial charge < -0.3 is 16.0 Å². The second-order valence-corrected chi connectivity index (χ2v) is 9.12. The number of nitrogens with zero attached hydrogens (tertiary/aromatic N) is 4. The Labute approximate surface area is 173 Å². The standard InChI is InChI=1S/C16H28N6O2S.HI/c1-16(2,3)20-15(17)19-8-13-25(23,24)22-11-9-21(10-12-22)14-6-4-5-7-18-14;/h4-7H,8-13H2,1-3H3,(H3,17,19,20);1H. The summed E-state index contributed by atoms with van der Waals surface area (Å²) >= 11 is 0. The van der Waals surface area contributed by atoms with Crippen molar-refractivity contribution in [3.63, 3.8) is 0 Å². The van der Waals surface area contributed by atoms with Crippen LogP contribution in [0.1, 0.15) is 20.8 Å². The first-order chi connectivity index (χ1) is 11.7. The van der Waals surface area contributed by atoms with Gasteiger partial charge in [0.15, 0.2) is 5.96 Å². The maximum atomic E-state index is 12.5. The topological polar surface area (TPSA) is 104 Å². The molecule has 8 nitrogen and oxygen atoms in total. The first-order valence-corrected chi connectivity index (χ1v) is 10.0. The second-order valence-electron chi connectivity index (χ2n) is 7.03. The fourth-order valence-electron chi connectivity index (χ4n) is 2.57. The number of sulfonamides is 1. The molecule has 148 valence electrons. The smallest absolute Gasteiger partial charge is 0.216 e. The molecule has 2 rings (SSSR count). The summed E-state index contributed by atoms with van der Waals surface area (Å²) in [5.41, 5.74) is 5.57. The molecule has 1 saturated heterocycles. The van der Waals surface area contributed by atoms with E-state index in [9.17, 15) is 8.42 Å². The van der Waals surface area contributed by atoms with Crippen LogP contribution in [0.5, 0.6) is 0 Å². The maximum Gasteiger partial charge on any atom is 0.216 e. The van der Waals surface area contributed by atoms with E-state index in [4.69, 9.17) is 5.73 Å². The number of hydrogen-bond acceptors (Lipinski definition) is 5. The van der Waals surface area contributed by atoms with Gasteiger partial charge in [0.25, 0.3) is 0 Å². The van der Waals surface area contributed by atoms with E-state index >= 15 is 0 Å². The molecule has 2 heterocycles. The number of piperazine rings is 1. The highest BCUT2D eigenvalue weighted by Crippen LogP contribution is 2.14. The van der Waals surface area contributed by atoms with Gasteiger partial charge in [-0.2, -0.15) is 4.31 Å². The van der Waals surface area contributed by atoms with Crippen LogP contribution in [0.3, 0.4) is 0 Å². The average Bonchev–Trinajstić information content (AvgIpc) is 2.54. The predicted molar refractivity (Wildman–Crippen MR) is 117 cm³/mol. The Morgan fingerprint density at radius 2 is 1.92 bits per heavy atom. The molecule has 0 radical (unpaired) electrons. The van der Waals surface area contributed by atoms with E-state index in [-0.39, 0.29) is 47.8 Å². The van der Waals surface area contributed by atoms with Gasteiger partial charge in [0.1, 0.15) is 5.82 Å². The molecule has 26 heavy (non-hydrogen) atoms. The molecule has 1 aromatic rings. The van der Waals surface area contributed by atoms with Crippen LogP contribution >= 0.6 is 24.0 Å². The van der Waals surface area contributed by atoms with Gasteiger partial charge in [0, 0.05) is 37.9 Å². The van der Waals surface area contributed by atoms with Gasteiger partial charge in [-0.25, -0.2) is 13.4 Å². The van der Waals surface area contributed by atoms with Crippen molar-refractivity contribution < 1.29 is 8.42 Å². The van der Waals surface area contributed by atoms with Gasteiger partial charge >= 0.3 is 0 Å². The zero-order valence-electron chi connectivity index (χ0n) is 15.6. The summed E-state index contributed by atoms with van der Waals surface area (Å²) in [6.07, 6.45) is 1.74. The third kappa shape index (κ3) is 7.23. The number of nitrogens with one attached hydrogen (secondary N) is 1. The van der Waals surface area contributed by atoms with Crippen molar-refractivity contribution in [2.75, 3.05) is 43.4 Å². The molecule has 0 aromatic carbocycles. The molecule has 0 bridgehead atoms. The minimum atomic E-state index is -3.33. The highest BCUT2D eigenvalue weighted by atomic mass is 127. The molecule has 10 heteroatoms. The minimum Gasteiger partial charge on any atom is -0.370 e. The van der Waals surface area contributed by atoms with E-state index in [1.54, 1.807) is 6.20 Å². The lowest BCUT2D eigenvalue weighted by Gasteiger charge is -2.34. The normalized spacial score (nSPS) is 16.9. The first-order valence-electron chi connectivity index (χ1n) is 8.39. The van der Waals surface area contributed by atoms with Gasteiger partial charge in [0.05, 0.1) is 12.3 Å². The van der Waals surface area contributed by atoms with Gasteiger partial charge in [-0.15, -0.1) is 24.0 Å². The Kier molecular flexibility index (Phi) is 8.54. The van der Waals surface area contributed by atoms with Crippen molar-refractivity contribution in [2.24, 2.45) is 10.7 Å². The lowest BCUT2D eigenvalue weighted by atomic mass is 10.1.